The first kappa shape index (κ1) is 29.6. The highest BCUT2D eigenvalue weighted by Gasteiger charge is 2.30. The number of likely N-dealkylation sites (tertiary alicyclic amines) is 2. The number of benzene rings is 2. The van der Waals surface area contributed by atoms with E-state index in [1.165, 1.54) is 18.4 Å². The zero-order valence-electron chi connectivity index (χ0n) is 23.7. The number of aliphatic hydroxyl groups excluding tert-OH is 1. The largest absolute Gasteiger partial charge is 0.389 e. The predicted octanol–water partition coefficient (Wildman–Crippen LogP) is 5.64. The molecule has 2 amide bonds. The van der Waals surface area contributed by atoms with Crippen LogP contribution in [0.15, 0.2) is 42.5 Å². The fourth-order valence-electron chi connectivity index (χ4n) is 5.91. The Morgan fingerprint density at radius 2 is 1.69 bits per heavy atom. The highest BCUT2D eigenvalue weighted by Crippen LogP contribution is 2.28. The van der Waals surface area contributed by atoms with Gasteiger partial charge in [0.15, 0.2) is 0 Å². The van der Waals surface area contributed by atoms with E-state index >= 15 is 0 Å². The van der Waals surface area contributed by atoms with E-state index in [1.54, 1.807) is 13.8 Å². The van der Waals surface area contributed by atoms with E-state index in [1.807, 2.05) is 47.1 Å². The molecule has 212 valence electrons. The van der Waals surface area contributed by atoms with Crippen molar-refractivity contribution in [3.63, 3.8) is 0 Å². The zero-order valence-corrected chi connectivity index (χ0v) is 24.5. The van der Waals surface area contributed by atoms with Crippen molar-refractivity contribution in [3.05, 3.63) is 64.2 Å². The Kier molecular flexibility index (Phi) is 10.4. The summed E-state index contributed by atoms with van der Waals surface area (Å²) in [7, 11) is 0. The first-order chi connectivity index (χ1) is 18.7. The summed E-state index contributed by atoms with van der Waals surface area (Å²) in [6, 6.07) is 14.3. The number of anilines is 1. The van der Waals surface area contributed by atoms with Gasteiger partial charge in [-0.25, -0.2) is 0 Å². The Morgan fingerprint density at radius 1 is 1.03 bits per heavy atom. The average Bonchev–Trinajstić information content (AvgIpc) is 2.93. The molecule has 7 heteroatoms. The van der Waals surface area contributed by atoms with Crippen LogP contribution in [-0.4, -0.2) is 66.0 Å². The van der Waals surface area contributed by atoms with E-state index in [-0.39, 0.29) is 17.7 Å². The third-order valence-electron chi connectivity index (χ3n) is 8.57. The minimum absolute atomic E-state index is 0.0638. The Labute approximate surface area is 238 Å². The van der Waals surface area contributed by atoms with Crippen molar-refractivity contribution in [2.24, 2.45) is 11.8 Å². The van der Waals surface area contributed by atoms with Crippen molar-refractivity contribution in [2.45, 2.75) is 65.4 Å². The molecule has 0 radical (unpaired) electrons. The number of carbonyl (C=O) groups is 2. The summed E-state index contributed by atoms with van der Waals surface area (Å²) in [4.78, 5) is 31.7. The number of amides is 2. The number of halogens is 1. The summed E-state index contributed by atoms with van der Waals surface area (Å²) in [6.07, 6.45) is 5.37. The van der Waals surface area contributed by atoms with Gasteiger partial charge in [-0.15, -0.1) is 0 Å². The van der Waals surface area contributed by atoms with Gasteiger partial charge in [0.1, 0.15) is 0 Å². The molecule has 1 unspecified atom stereocenters. The van der Waals surface area contributed by atoms with Gasteiger partial charge in [-0.1, -0.05) is 41.9 Å². The van der Waals surface area contributed by atoms with Crippen LogP contribution in [0.3, 0.4) is 0 Å². The van der Waals surface area contributed by atoms with Crippen LogP contribution < -0.4 is 4.90 Å². The number of carbonyl (C=O) groups excluding carboxylic acids is 2. The molecule has 2 fully saturated rings. The SMILES string of the molecule is CC(=O)N1CCC(C(=O)N(CCCN2CCC(Cc3ccc(C(C)O)cc3)CC2)c2ccc(C)c(Cl)c2)CC1. The van der Waals surface area contributed by atoms with Crippen molar-refractivity contribution < 1.29 is 14.7 Å². The summed E-state index contributed by atoms with van der Waals surface area (Å²) in [5.41, 5.74) is 4.18. The molecular formula is C32H44ClN3O3. The van der Waals surface area contributed by atoms with Gasteiger partial charge in [0, 0.05) is 43.2 Å². The monoisotopic (exact) mass is 553 g/mol. The first-order valence-corrected chi connectivity index (χ1v) is 14.9. The normalized spacial score (nSPS) is 18.2. The second-order valence-electron chi connectivity index (χ2n) is 11.5. The topological polar surface area (TPSA) is 64.1 Å². The van der Waals surface area contributed by atoms with Crippen molar-refractivity contribution in [3.8, 4) is 0 Å². The van der Waals surface area contributed by atoms with Crippen molar-refractivity contribution in [1.29, 1.82) is 0 Å². The third-order valence-corrected chi connectivity index (χ3v) is 8.98. The lowest BCUT2D eigenvalue weighted by Crippen LogP contribution is -2.45. The first-order valence-electron chi connectivity index (χ1n) is 14.5. The van der Waals surface area contributed by atoms with Crippen LogP contribution in [0.5, 0.6) is 0 Å². The highest BCUT2D eigenvalue weighted by molar-refractivity contribution is 6.31. The molecule has 0 aromatic heterocycles. The standard InChI is InChI=1S/C32H44ClN3O3/c1-23-5-10-30(22-31(23)33)36(32(39)29-13-19-35(20-14-29)25(3)38)16-4-15-34-17-11-27(12-18-34)21-26-6-8-28(9-7-26)24(2)37/h5-10,22,24,27,29,37H,4,11-21H2,1-3H3. The Bertz CT molecular complexity index is 1100. The van der Waals surface area contributed by atoms with E-state index in [4.69, 9.17) is 11.6 Å². The van der Waals surface area contributed by atoms with Crippen LogP contribution in [0, 0.1) is 18.8 Å². The van der Waals surface area contributed by atoms with E-state index in [2.05, 4.69) is 17.0 Å². The molecule has 1 atom stereocenters. The van der Waals surface area contributed by atoms with Gasteiger partial charge in [-0.2, -0.15) is 0 Å². The molecule has 6 nitrogen and oxygen atoms in total. The fourth-order valence-corrected chi connectivity index (χ4v) is 6.08. The number of hydrogen-bond acceptors (Lipinski definition) is 4. The highest BCUT2D eigenvalue weighted by atomic mass is 35.5. The van der Waals surface area contributed by atoms with Gasteiger partial charge in [-0.05, 0) is 107 Å². The number of rotatable bonds is 9. The van der Waals surface area contributed by atoms with Crippen molar-refractivity contribution in [2.75, 3.05) is 44.2 Å². The number of aryl methyl sites for hydroxylation is 1. The summed E-state index contributed by atoms with van der Waals surface area (Å²) in [6.45, 7) is 10.5. The number of aliphatic hydroxyl groups is 1. The van der Waals surface area contributed by atoms with Crippen LogP contribution in [-0.2, 0) is 16.0 Å². The molecule has 2 aromatic rings. The molecule has 2 saturated heterocycles. The Hall–Kier alpha value is -2.41. The van der Waals surface area contributed by atoms with Crippen LogP contribution in [0.25, 0.3) is 0 Å². The molecule has 39 heavy (non-hydrogen) atoms. The summed E-state index contributed by atoms with van der Waals surface area (Å²) < 4.78 is 0. The molecule has 2 aliphatic heterocycles. The fraction of sp³-hybridized carbons (Fsp3) is 0.562. The molecule has 0 saturated carbocycles. The molecular weight excluding hydrogens is 510 g/mol. The van der Waals surface area contributed by atoms with Crippen LogP contribution in [0.1, 0.15) is 68.7 Å². The van der Waals surface area contributed by atoms with Gasteiger partial charge in [0.2, 0.25) is 11.8 Å². The van der Waals surface area contributed by atoms with Gasteiger partial charge < -0.3 is 19.8 Å². The lowest BCUT2D eigenvalue weighted by Gasteiger charge is -2.35. The van der Waals surface area contributed by atoms with Crippen LogP contribution in [0.2, 0.25) is 5.02 Å². The molecule has 1 N–H and O–H groups in total. The minimum Gasteiger partial charge on any atom is -0.389 e. The maximum atomic E-state index is 13.7. The molecule has 2 heterocycles. The van der Waals surface area contributed by atoms with E-state index in [0.717, 1.165) is 49.3 Å². The summed E-state index contributed by atoms with van der Waals surface area (Å²) in [5.74, 6) is 0.859. The van der Waals surface area contributed by atoms with E-state index in [0.29, 0.717) is 43.4 Å². The summed E-state index contributed by atoms with van der Waals surface area (Å²) in [5, 5.41) is 10.4. The smallest absolute Gasteiger partial charge is 0.230 e. The quantitative estimate of drug-likeness (QED) is 0.436. The van der Waals surface area contributed by atoms with Gasteiger partial charge in [0.25, 0.3) is 0 Å². The molecule has 2 aromatic carbocycles. The van der Waals surface area contributed by atoms with Crippen LogP contribution in [0.4, 0.5) is 5.69 Å². The zero-order chi connectivity index (χ0) is 27.9. The van der Waals surface area contributed by atoms with Crippen LogP contribution >= 0.6 is 11.6 Å². The molecule has 4 rings (SSSR count). The van der Waals surface area contributed by atoms with Crippen molar-refractivity contribution in [1.82, 2.24) is 9.80 Å². The van der Waals surface area contributed by atoms with Crippen molar-refractivity contribution >= 4 is 29.1 Å². The maximum Gasteiger partial charge on any atom is 0.230 e. The molecule has 2 aliphatic rings. The summed E-state index contributed by atoms with van der Waals surface area (Å²) >= 11 is 6.45. The molecule has 0 aliphatic carbocycles. The number of hydrogen-bond donors (Lipinski definition) is 1. The van der Waals surface area contributed by atoms with Gasteiger partial charge in [-0.3, -0.25) is 9.59 Å². The molecule has 0 bridgehead atoms. The average molecular weight is 554 g/mol. The lowest BCUT2D eigenvalue weighted by molar-refractivity contribution is -0.133. The predicted molar refractivity (Wildman–Crippen MR) is 158 cm³/mol. The number of nitrogens with zero attached hydrogens (tertiary/aromatic N) is 3. The van der Waals surface area contributed by atoms with E-state index < -0.39 is 6.10 Å². The number of piperidine rings is 2. The maximum absolute atomic E-state index is 13.7. The Balaban J connectivity index is 1.29. The third kappa shape index (κ3) is 8.06. The van der Waals surface area contributed by atoms with E-state index in [9.17, 15) is 14.7 Å². The second kappa shape index (κ2) is 13.8. The Morgan fingerprint density at radius 3 is 2.28 bits per heavy atom. The van der Waals surface area contributed by atoms with Gasteiger partial charge >= 0.3 is 0 Å². The van der Waals surface area contributed by atoms with Gasteiger partial charge in [0.05, 0.1) is 6.10 Å². The lowest BCUT2D eigenvalue weighted by atomic mass is 9.89. The molecule has 0 spiro atoms. The second-order valence-corrected chi connectivity index (χ2v) is 11.9. The minimum atomic E-state index is -0.420.